The topological polar surface area (TPSA) is 88.4 Å². The molecule has 0 aliphatic rings. The standard InChI is InChI=1S/C21H12N3OS/c22-13-16-1-7-19(8-2-16)26(25,20-9-3-17(14-23)4-10-20)21-11-5-18(15-24)6-12-21/h1-12H/q+1. The summed E-state index contributed by atoms with van der Waals surface area (Å²) in [7, 11) is -2.83. The molecule has 0 spiro atoms. The van der Waals surface area contributed by atoms with Crippen LogP contribution in [-0.4, -0.2) is 0 Å². The van der Waals surface area contributed by atoms with Crippen LogP contribution in [0.5, 0.6) is 0 Å². The highest BCUT2D eigenvalue weighted by Crippen LogP contribution is 2.36. The molecule has 26 heavy (non-hydrogen) atoms. The Morgan fingerprint density at radius 3 is 0.923 bits per heavy atom. The van der Waals surface area contributed by atoms with Gasteiger partial charge in [0.05, 0.1) is 34.9 Å². The highest BCUT2D eigenvalue weighted by atomic mass is 32.2. The molecular weight excluding hydrogens is 342 g/mol. The predicted molar refractivity (Wildman–Crippen MR) is 96.3 cm³/mol. The number of nitrogens with zero attached hydrogens (tertiary/aromatic N) is 3. The lowest BCUT2D eigenvalue weighted by Gasteiger charge is -2.12. The summed E-state index contributed by atoms with van der Waals surface area (Å²) in [6.07, 6.45) is 0. The molecule has 0 heterocycles. The van der Waals surface area contributed by atoms with Crippen LogP contribution in [0, 0.1) is 34.0 Å². The predicted octanol–water partition coefficient (Wildman–Crippen LogP) is 4.28. The smallest absolute Gasteiger partial charge is 0.182 e. The van der Waals surface area contributed by atoms with Crippen LogP contribution in [-0.2, 0) is 14.1 Å². The number of hydrogen-bond acceptors (Lipinski definition) is 4. The van der Waals surface area contributed by atoms with Gasteiger partial charge in [0.1, 0.15) is 0 Å². The fourth-order valence-electron chi connectivity index (χ4n) is 2.57. The minimum Gasteiger partial charge on any atom is -0.192 e. The summed E-state index contributed by atoms with van der Waals surface area (Å²) >= 11 is 0. The van der Waals surface area contributed by atoms with E-state index in [9.17, 15) is 4.21 Å². The molecule has 3 aromatic rings. The van der Waals surface area contributed by atoms with Gasteiger partial charge in [0, 0.05) is 0 Å². The van der Waals surface area contributed by atoms with Crippen LogP contribution in [0.15, 0.2) is 87.5 Å². The lowest BCUT2D eigenvalue weighted by molar-refractivity contribution is 0.584. The maximum Gasteiger partial charge on any atom is 0.182 e. The Hall–Kier alpha value is -3.72. The van der Waals surface area contributed by atoms with Crippen molar-refractivity contribution in [2.75, 3.05) is 0 Å². The van der Waals surface area contributed by atoms with Gasteiger partial charge >= 0.3 is 0 Å². The van der Waals surface area contributed by atoms with Crippen molar-refractivity contribution >= 4 is 9.93 Å². The Bertz CT molecular complexity index is 965. The van der Waals surface area contributed by atoms with Crippen molar-refractivity contribution in [3.05, 3.63) is 89.5 Å². The van der Waals surface area contributed by atoms with Crippen LogP contribution in [0.25, 0.3) is 0 Å². The molecule has 0 atom stereocenters. The molecule has 0 aromatic heterocycles. The first-order valence-corrected chi connectivity index (χ1v) is 9.22. The fourth-order valence-corrected chi connectivity index (χ4v) is 4.95. The number of hydrogen-bond donors (Lipinski definition) is 0. The van der Waals surface area contributed by atoms with Crippen molar-refractivity contribution in [3.63, 3.8) is 0 Å². The summed E-state index contributed by atoms with van der Waals surface area (Å²) in [6.45, 7) is 0. The van der Waals surface area contributed by atoms with Crippen molar-refractivity contribution in [2.24, 2.45) is 0 Å². The SMILES string of the molecule is N#Cc1ccc([S+](=O)(c2ccc(C#N)cc2)c2ccc(C#N)cc2)cc1. The Labute approximate surface area is 152 Å². The van der Waals surface area contributed by atoms with Gasteiger partial charge in [-0.15, -0.1) is 0 Å². The molecule has 3 rings (SSSR count). The lowest BCUT2D eigenvalue weighted by Crippen LogP contribution is -2.13. The summed E-state index contributed by atoms with van der Waals surface area (Å²) in [4.78, 5) is 1.68. The van der Waals surface area contributed by atoms with Crippen LogP contribution < -0.4 is 0 Å². The third-order valence-electron chi connectivity index (χ3n) is 3.95. The largest absolute Gasteiger partial charge is 0.192 e. The maximum absolute atomic E-state index is 14.1. The zero-order chi connectivity index (χ0) is 18.6. The highest BCUT2D eigenvalue weighted by molar-refractivity contribution is 8.03. The molecule has 122 valence electrons. The van der Waals surface area contributed by atoms with Crippen LogP contribution in [0.4, 0.5) is 0 Å². The van der Waals surface area contributed by atoms with Gasteiger partial charge in [0.25, 0.3) is 0 Å². The van der Waals surface area contributed by atoms with E-state index < -0.39 is 9.93 Å². The van der Waals surface area contributed by atoms with E-state index in [2.05, 4.69) is 18.2 Å². The van der Waals surface area contributed by atoms with E-state index in [1.807, 2.05) is 0 Å². The first-order valence-electron chi connectivity index (χ1n) is 7.66. The molecule has 0 saturated carbocycles. The normalized spacial score (nSPS) is 10.3. The van der Waals surface area contributed by atoms with E-state index in [-0.39, 0.29) is 0 Å². The summed E-state index contributed by atoms with van der Waals surface area (Å²) in [5, 5.41) is 27.0. The van der Waals surface area contributed by atoms with Crippen LogP contribution in [0.2, 0.25) is 0 Å². The average Bonchev–Trinajstić information content (AvgIpc) is 2.73. The minimum absolute atomic E-state index is 0.482. The molecule has 5 heteroatoms. The monoisotopic (exact) mass is 354 g/mol. The third kappa shape index (κ3) is 2.98. The van der Waals surface area contributed by atoms with Crippen LogP contribution >= 0.6 is 0 Å². The Morgan fingerprint density at radius 2 is 0.731 bits per heavy atom. The fraction of sp³-hybridized carbons (Fsp3) is 0. The van der Waals surface area contributed by atoms with Gasteiger partial charge in [-0.25, -0.2) is 0 Å². The Kier molecular flexibility index (Phi) is 4.63. The molecule has 0 unspecified atom stereocenters. The number of benzene rings is 3. The first-order chi connectivity index (χ1) is 12.6. The Balaban J connectivity index is 2.22. The van der Waals surface area contributed by atoms with Gasteiger partial charge in [-0.05, 0) is 72.8 Å². The van der Waals surface area contributed by atoms with E-state index >= 15 is 0 Å². The second kappa shape index (κ2) is 7.03. The van der Waals surface area contributed by atoms with Crippen LogP contribution in [0.1, 0.15) is 16.7 Å². The quantitative estimate of drug-likeness (QED) is 0.657. The van der Waals surface area contributed by atoms with E-state index in [0.29, 0.717) is 31.4 Å². The molecule has 0 aliphatic heterocycles. The summed E-state index contributed by atoms with van der Waals surface area (Å²) in [6, 6.07) is 26.0. The Morgan fingerprint density at radius 1 is 0.500 bits per heavy atom. The summed E-state index contributed by atoms with van der Waals surface area (Å²) in [5.41, 5.74) is 1.44. The molecule has 0 radical (unpaired) electrons. The van der Waals surface area contributed by atoms with Crippen molar-refractivity contribution in [1.82, 2.24) is 0 Å². The first kappa shape index (κ1) is 17.1. The molecule has 3 aromatic carbocycles. The van der Waals surface area contributed by atoms with Crippen molar-refractivity contribution in [1.29, 1.82) is 15.8 Å². The molecule has 0 fully saturated rings. The molecule has 0 aliphatic carbocycles. The summed E-state index contributed by atoms with van der Waals surface area (Å²) in [5.74, 6) is 0. The van der Waals surface area contributed by atoms with Crippen molar-refractivity contribution in [2.45, 2.75) is 14.7 Å². The zero-order valence-electron chi connectivity index (χ0n) is 13.6. The number of rotatable bonds is 3. The molecular formula is C21H12N3OS+. The van der Waals surface area contributed by atoms with Crippen molar-refractivity contribution < 1.29 is 4.21 Å². The molecule has 4 nitrogen and oxygen atoms in total. The average molecular weight is 354 g/mol. The minimum atomic E-state index is -2.83. The van der Waals surface area contributed by atoms with E-state index in [0.717, 1.165) is 0 Å². The van der Waals surface area contributed by atoms with E-state index in [4.69, 9.17) is 15.8 Å². The van der Waals surface area contributed by atoms with Gasteiger partial charge < -0.3 is 0 Å². The number of nitriles is 3. The van der Waals surface area contributed by atoms with Gasteiger partial charge in [-0.3, -0.25) is 0 Å². The van der Waals surface area contributed by atoms with E-state index in [1.54, 1.807) is 72.8 Å². The molecule has 0 amide bonds. The highest BCUT2D eigenvalue weighted by Gasteiger charge is 2.37. The van der Waals surface area contributed by atoms with E-state index in [1.165, 1.54) is 0 Å². The maximum atomic E-state index is 14.1. The second-order valence-electron chi connectivity index (χ2n) is 5.46. The van der Waals surface area contributed by atoms with Gasteiger partial charge in [-0.1, -0.05) is 4.21 Å². The summed E-state index contributed by atoms with van der Waals surface area (Å²) < 4.78 is 14.1. The van der Waals surface area contributed by atoms with Gasteiger partial charge in [0.15, 0.2) is 24.6 Å². The molecule has 0 N–H and O–H groups in total. The zero-order valence-corrected chi connectivity index (χ0v) is 14.4. The second-order valence-corrected chi connectivity index (χ2v) is 7.99. The molecule has 0 bridgehead atoms. The lowest BCUT2D eigenvalue weighted by atomic mass is 10.2. The van der Waals surface area contributed by atoms with Gasteiger partial charge in [-0.2, -0.15) is 15.8 Å². The van der Waals surface area contributed by atoms with Crippen molar-refractivity contribution in [3.8, 4) is 18.2 Å². The van der Waals surface area contributed by atoms with Gasteiger partial charge in [0.2, 0.25) is 0 Å². The molecule has 0 saturated heterocycles. The van der Waals surface area contributed by atoms with Crippen LogP contribution in [0.3, 0.4) is 0 Å². The third-order valence-corrected chi connectivity index (χ3v) is 6.75.